The van der Waals surface area contributed by atoms with Crippen LogP contribution >= 0.6 is 23.2 Å². The second kappa shape index (κ2) is 5.55. The fourth-order valence-electron chi connectivity index (χ4n) is 1.39. The lowest BCUT2D eigenvalue weighted by molar-refractivity contribution is 0.304. The van der Waals surface area contributed by atoms with Crippen molar-refractivity contribution in [1.82, 2.24) is 0 Å². The Morgan fingerprint density at radius 1 is 1.00 bits per heavy atom. The van der Waals surface area contributed by atoms with E-state index >= 15 is 0 Å². The molecule has 2 aromatic rings. The molecule has 0 unspecified atom stereocenters. The van der Waals surface area contributed by atoms with Crippen molar-refractivity contribution in [2.75, 3.05) is 0 Å². The van der Waals surface area contributed by atoms with Gasteiger partial charge in [0.1, 0.15) is 24.0 Å². The van der Waals surface area contributed by atoms with E-state index in [4.69, 9.17) is 27.9 Å². The van der Waals surface area contributed by atoms with Gasteiger partial charge in [-0.15, -0.1) is 0 Å². The maximum Gasteiger partial charge on any atom is 0.145 e. The van der Waals surface area contributed by atoms with Crippen molar-refractivity contribution in [3.8, 4) is 5.75 Å². The molecule has 0 aliphatic carbocycles. The lowest BCUT2D eigenvalue weighted by atomic mass is 10.2. The molecule has 0 heterocycles. The molecule has 0 aliphatic rings. The molecule has 0 aromatic heterocycles. The number of halogens is 4. The van der Waals surface area contributed by atoms with Gasteiger partial charge in [-0.3, -0.25) is 0 Å². The molecule has 0 fully saturated rings. The van der Waals surface area contributed by atoms with Crippen molar-refractivity contribution in [3.63, 3.8) is 0 Å². The summed E-state index contributed by atoms with van der Waals surface area (Å²) in [6.45, 7) is 0.0532. The van der Waals surface area contributed by atoms with Crippen molar-refractivity contribution in [2.24, 2.45) is 0 Å². The van der Waals surface area contributed by atoms with Gasteiger partial charge in [0.05, 0.1) is 10.0 Å². The minimum atomic E-state index is -0.570. The summed E-state index contributed by atoms with van der Waals surface area (Å²) in [6.07, 6.45) is 0. The summed E-state index contributed by atoms with van der Waals surface area (Å²) in [5.74, 6) is -0.781. The topological polar surface area (TPSA) is 9.23 Å². The van der Waals surface area contributed by atoms with Gasteiger partial charge in [0, 0.05) is 11.6 Å². The molecule has 0 aliphatic heterocycles. The average molecular weight is 289 g/mol. The van der Waals surface area contributed by atoms with E-state index in [2.05, 4.69) is 0 Å². The molecule has 5 heteroatoms. The predicted octanol–water partition coefficient (Wildman–Crippen LogP) is 4.85. The van der Waals surface area contributed by atoms with Gasteiger partial charge in [0.25, 0.3) is 0 Å². The van der Waals surface area contributed by atoms with E-state index in [-0.39, 0.29) is 16.7 Å². The second-order valence-electron chi connectivity index (χ2n) is 3.58. The molecular weight excluding hydrogens is 281 g/mol. The third-order valence-corrected chi connectivity index (χ3v) is 3.05. The van der Waals surface area contributed by atoms with Crippen LogP contribution in [0.2, 0.25) is 10.0 Å². The molecule has 0 amide bonds. The fraction of sp³-hybridized carbons (Fsp3) is 0.0769. The van der Waals surface area contributed by atoms with E-state index < -0.39 is 11.6 Å². The zero-order chi connectivity index (χ0) is 13.1. The number of hydrogen-bond donors (Lipinski definition) is 0. The van der Waals surface area contributed by atoms with Gasteiger partial charge in [0.15, 0.2) is 0 Å². The molecule has 2 rings (SSSR count). The summed E-state index contributed by atoms with van der Waals surface area (Å²) in [6, 6.07) is 8.50. The van der Waals surface area contributed by atoms with E-state index in [0.717, 1.165) is 6.07 Å². The van der Waals surface area contributed by atoms with Gasteiger partial charge in [-0.1, -0.05) is 35.3 Å². The van der Waals surface area contributed by atoms with Crippen molar-refractivity contribution in [2.45, 2.75) is 6.61 Å². The monoisotopic (exact) mass is 288 g/mol. The molecule has 0 radical (unpaired) electrons. The summed E-state index contributed by atoms with van der Waals surface area (Å²) >= 11 is 11.3. The van der Waals surface area contributed by atoms with Crippen LogP contribution < -0.4 is 4.74 Å². The number of benzene rings is 2. The Kier molecular flexibility index (Phi) is 4.04. The van der Waals surface area contributed by atoms with E-state index in [1.165, 1.54) is 24.3 Å². The van der Waals surface area contributed by atoms with Crippen LogP contribution in [0.4, 0.5) is 8.78 Å². The molecule has 94 valence electrons. The first kappa shape index (κ1) is 13.1. The second-order valence-corrected chi connectivity index (χ2v) is 4.36. The van der Waals surface area contributed by atoms with Gasteiger partial charge in [-0.25, -0.2) is 8.78 Å². The first-order valence-electron chi connectivity index (χ1n) is 5.08. The first-order valence-corrected chi connectivity index (χ1v) is 5.84. The van der Waals surface area contributed by atoms with Crippen LogP contribution in [0, 0.1) is 11.6 Å². The molecule has 0 bridgehead atoms. The Balaban J connectivity index is 2.11. The minimum absolute atomic E-state index is 0.00642. The van der Waals surface area contributed by atoms with Crippen molar-refractivity contribution >= 4 is 23.2 Å². The third kappa shape index (κ3) is 2.92. The van der Waals surface area contributed by atoms with Crippen LogP contribution in [-0.4, -0.2) is 0 Å². The van der Waals surface area contributed by atoms with Crippen LogP contribution in [0.3, 0.4) is 0 Å². The largest absolute Gasteiger partial charge is 0.489 e. The molecule has 0 atom stereocenters. The van der Waals surface area contributed by atoms with Crippen LogP contribution in [0.25, 0.3) is 0 Å². The van der Waals surface area contributed by atoms with Gasteiger partial charge < -0.3 is 4.74 Å². The Morgan fingerprint density at radius 2 is 1.78 bits per heavy atom. The van der Waals surface area contributed by atoms with Gasteiger partial charge in [-0.2, -0.15) is 0 Å². The third-order valence-electron chi connectivity index (χ3n) is 2.32. The van der Waals surface area contributed by atoms with Gasteiger partial charge >= 0.3 is 0 Å². The SMILES string of the molecule is Fc1cc(OCc2cccc(F)c2Cl)ccc1Cl. The highest BCUT2D eigenvalue weighted by Gasteiger charge is 2.07. The molecule has 1 nitrogen and oxygen atoms in total. The number of rotatable bonds is 3. The molecule has 18 heavy (non-hydrogen) atoms. The summed E-state index contributed by atoms with van der Waals surface area (Å²) in [5, 5.41) is 0.0260. The van der Waals surface area contributed by atoms with Crippen molar-refractivity contribution in [3.05, 3.63) is 63.6 Å². The lowest BCUT2D eigenvalue weighted by Crippen LogP contribution is -1.97. The molecule has 0 saturated carbocycles. The Hall–Kier alpha value is -1.32. The Labute approximate surface area is 113 Å². The zero-order valence-corrected chi connectivity index (χ0v) is 10.6. The molecule has 0 N–H and O–H groups in total. The van der Waals surface area contributed by atoms with Crippen molar-refractivity contribution < 1.29 is 13.5 Å². The molecule has 2 aromatic carbocycles. The number of hydrogen-bond acceptors (Lipinski definition) is 1. The molecule has 0 spiro atoms. The standard InChI is InChI=1S/C13H8Cl2F2O/c14-10-5-4-9(6-12(10)17)18-7-8-2-1-3-11(16)13(8)15/h1-6H,7H2. The zero-order valence-electron chi connectivity index (χ0n) is 9.09. The quantitative estimate of drug-likeness (QED) is 0.784. The Bertz CT molecular complexity index is 573. The highest BCUT2D eigenvalue weighted by Crippen LogP contribution is 2.24. The van der Waals surface area contributed by atoms with E-state index in [0.29, 0.717) is 11.3 Å². The first-order chi connectivity index (χ1) is 8.58. The summed E-state index contributed by atoms with van der Waals surface area (Å²) in [4.78, 5) is 0. The lowest BCUT2D eigenvalue weighted by Gasteiger charge is -2.08. The summed E-state index contributed by atoms with van der Waals surface area (Å²) in [7, 11) is 0. The maximum atomic E-state index is 13.2. The minimum Gasteiger partial charge on any atom is -0.489 e. The number of ether oxygens (including phenoxy) is 1. The Morgan fingerprint density at radius 3 is 2.50 bits per heavy atom. The highest BCUT2D eigenvalue weighted by molar-refractivity contribution is 6.31. The molecule has 0 saturated heterocycles. The highest BCUT2D eigenvalue weighted by atomic mass is 35.5. The summed E-state index contributed by atoms with van der Waals surface area (Å²) in [5.41, 5.74) is 0.493. The van der Waals surface area contributed by atoms with Crippen LogP contribution in [0.1, 0.15) is 5.56 Å². The van der Waals surface area contributed by atoms with Crippen LogP contribution in [0.5, 0.6) is 5.75 Å². The van der Waals surface area contributed by atoms with E-state index in [9.17, 15) is 8.78 Å². The predicted molar refractivity (Wildman–Crippen MR) is 67.2 cm³/mol. The van der Waals surface area contributed by atoms with Crippen LogP contribution in [0.15, 0.2) is 36.4 Å². The summed E-state index contributed by atoms with van der Waals surface area (Å²) < 4.78 is 31.6. The smallest absolute Gasteiger partial charge is 0.145 e. The van der Waals surface area contributed by atoms with E-state index in [1.807, 2.05) is 0 Å². The molecular formula is C13H8Cl2F2O. The average Bonchev–Trinajstić information content (AvgIpc) is 2.35. The fourth-order valence-corrected chi connectivity index (χ4v) is 1.69. The van der Waals surface area contributed by atoms with Gasteiger partial charge in [0.2, 0.25) is 0 Å². The van der Waals surface area contributed by atoms with Crippen LogP contribution in [-0.2, 0) is 6.61 Å². The van der Waals surface area contributed by atoms with E-state index in [1.54, 1.807) is 6.07 Å². The maximum absolute atomic E-state index is 13.2. The van der Waals surface area contributed by atoms with Gasteiger partial charge in [-0.05, 0) is 18.2 Å². The normalized spacial score (nSPS) is 10.4. The van der Waals surface area contributed by atoms with Crippen molar-refractivity contribution in [1.29, 1.82) is 0 Å².